The quantitative estimate of drug-likeness (QED) is 0.325. The summed E-state index contributed by atoms with van der Waals surface area (Å²) in [6, 6.07) is 12.1. The molecule has 1 amide bonds. The van der Waals surface area contributed by atoms with Gasteiger partial charge < -0.3 is 19.6 Å². The minimum atomic E-state index is -0.699. The predicted molar refractivity (Wildman–Crippen MR) is 132 cm³/mol. The van der Waals surface area contributed by atoms with Gasteiger partial charge in [-0.05, 0) is 61.7 Å². The molecule has 0 bridgehead atoms. The average molecular weight is 527 g/mol. The van der Waals surface area contributed by atoms with Crippen molar-refractivity contribution in [1.29, 1.82) is 0 Å². The molecule has 180 valence electrons. The minimum absolute atomic E-state index is 0.0326. The van der Waals surface area contributed by atoms with E-state index in [1.54, 1.807) is 23.1 Å². The Bertz CT molecular complexity index is 1130. The molecule has 2 aromatic carbocycles. The second-order valence-electron chi connectivity index (χ2n) is 9.04. The number of nitrogens with zero attached hydrogens (tertiary/aromatic N) is 1. The fraction of sp³-hybridized carbons (Fsp3) is 0.407. The third-order valence-electron chi connectivity index (χ3n) is 6.78. The lowest BCUT2D eigenvalue weighted by molar-refractivity contribution is -0.896. The summed E-state index contributed by atoms with van der Waals surface area (Å²) in [6.45, 7) is 9.61. The third-order valence-corrected chi connectivity index (χ3v) is 7.27. The van der Waals surface area contributed by atoms with Crippen LogP contribution >= 0.6 is 15.9 Å². The van der Waals surface area contributed by atoms with Crippen LogP contribution in [0.3, 0.4) is 0 Å². The smallest absolute Gasteiger partial charge is 0.295 e. The Morgan fingerprint density at radius 2 is 1.94 bits per heavy atom. The molecule has 0 aliphatic carbocycles. The van der Waals surface area contributed by atoms with E-state index in [2.05, 4.69) is 29.8 Å². The molecule has 1 saturated heterocycles. The van der Waals surface area contributed by atoms with E-state index in [0.717, 1.165) is 47.4 Å². The number of rotatable bonds is 8. The Labute approximate surface area is 209 Å². The summed E-state index contributed by atoms with van der Waals surface area (Å²) in [6.07, 6.45) is 1.53. The molecule has 2 heterocycles. The number of nitrogens with one attached hydrogen (secondary N) is 1. The van der Waals surface area contributed by atoms with Crippen LogP contribution in [0.4, 0.5) is 0 Å². The minimum Gasteiger partial charge on any atom is -0.872 e. The molecule has 7 heteroatoms. The molecule has 6 nitrogen and oxygen atoms in total. The molecular formula is C27H31BrN2O4. The lowest BCUT2D eigenvalue weighted by Crippen LogP contribution is -3.11. The van der Waals surface area contributed by atoms with Crippen LogP contribution in [0.25, 0.3) is 5.76 Å². The third kappa shape index (κ3) is 4.77. The molecule has 4 rings (SSSR count). The lowest BCUT2D eigenvalue weighted by Gasteiger charge is -2.28. The van der Waals surface area contributed by atoms with Gasteiger partial charge >= 0.3 is 0 Å². The summed E-state index contributed by atoms with van der Waals surface area (Å²) in [7, 11) is 0. The Morgan fingerprint density at radius 1 is 1.18 bits per heavy atom. The molecule has 0 aromatic heterocycles. The van der Waals surface area contributed by atoms with Gasteiger partial charge in [0.25, 0.3) is 5.91 Å². The topological polar surface area (TPSA) is 74.1 Å². The van der Waals surface area contributed by atoms with E-state index < -0.39 is 17.7 Å². The number of hydrogen-bond donors (Lipinski definition) is 1. The number of carbonyl (C=O) groups excluding carboxylic acids is 2. The highest BCUT2D eigenvalue weighted by Gasteiger charge is 2.44. The van der Waals surface area contributed by atoms with Gasteiger partial charge in [-0.2, -0.15) is 0 Å². The number of halogens is 1. The van der Waals surface area contributed by atoms with E-state index in [1.807, 2.05) is 31.2 Å². The lowest BCUT2D eigenvalue weighted by atomic mass is 9.94. The van der Waals surface area contributed by atoms with Crippen LogP contribution in [-0.4, -0.2) is 48.9 Å². The first-order chi connectivity index (χ1) is 16.3. The van der Waals surface area contributed by atoms with Crippen molar-refractivity contribution >= 4 is 33.4 Å². The molecule has 2 unspecified atom stereocenters. The molecule has 0 saturated carbocycles. The SMILES string of the molecule is CC[NH+](CC)CCCN1C(=O)C(=O)C(=C([O-])c2ccc3c(c2)CC(C)O3)C1c1cccc(Br)c1. The van der Waals surface area contributed by atoms with Crippen molar-refractivity contribution in [2.24, 2.45) is 0 Å². The van der Waals surface area contributed by atoms with Gasteiger partial charge in [0.15, 0.2) is 0 Å². The van der Waals surface area contributed by atoms with Crippen molar-refractivity contribution < 1.29 is 24.3 Å². The van der Waals surface area contributed by atoms with Gasteiger partial charge in [0.05, 0.1) is 25.7 Å². The molecule has 1 N–H and O–H groups in total. The van der Waals surface area contributed by atoms with Crippen molar-refractivity contribution in [1.82, 2.24) is 4.90 Å². The molecule has 2 aliphatic rings. The van der Waals surface area contributed by atoms with E-state index in [9.17, 15) is 14.7 Å². The van der Waals surface area contributed by atoms with E-state index in [4.69, 9.17) is 4.74 Å². The normalized spacial score (nSPS) is 21.3. The number of benzene rings is 2. The zero-order chi connectivity index (χ0) is 24.4. The molecule has 2 aromatic rings. The zero-order valence-electron chi connectivity index (χ0n) is 19.9. The molecule has 0 radical (unpaired) electrons. The summed E-state index contributed by atoms with van der Waals surface area (Å²) in [5, 5.41) is 13.7. The second-order valence-corrected chi connectivity index (χ2v) is 9.96. The number of hydrogen-bond acceptors (Lipinski definition) is 4. The molecule has 34 heavy (non-hydrogen) atoms. The maximum Gasteiger partial charge on any atom is 0.295 e. The van der Waals surface area contributed by atoms with Gasteiger partial charge in [0.2, 0.25) is 5.78 Å². The maximum atomic E-state index is 13.7. The van der Waals surface area contributed by atoms with Gasteiger partial charge in [-0.3, -0.25) is 9.59 Å². The summed E-state index contributed by atoms with van der Waals surface area (Å²) >= 11 is 3.49. The second kappa shape index (κ2) is 10.3. The fourth-order valence-electron chi connectivity index (χ4n) is 4.95. The highest BCUT2D eigenvalue weighted by Crippen LogP contribution is 2.40. The number of amides is 1. The Morgan fingerprint density at radius 3 is 2.65 bits per heavy atom. The highest BCUT2D eigenvalue weighted by molar-refractivity contribution is 9.10. The predicted octanol–water partition coefficient (Wildman–Crippen LogP) is 2.31. The van der Waals surface area contributed by atoms with Crippen LogP contribution in [0.5, 0.6) is 5.75 Å². The van der Waals surface area contributed by atoms with Crippen LogP contribution in [0.15, 0.2) is 52.5 Å². The Kier molecular flexibility index (Phi) is 7.43. The van der Waals surface area contributed by atoms with E-state index >= 15 is 0 Å². The first-order valence-electron chi connectivity index (χ1n) is 12.0. The summed E-state index contributed by atoms with van der Waals surface area (Å²) in [4.78, 5) is 29.4. The maximum absolute atomic E-state index is 13.7. The zero-order valence-corrected chi connectivity index (χ0v) is 21.5. The van der Waals surface area contributed by atoms with E-state index in [1.165, 1.54) is 4.90 Å². The number of quaternary nitrogens is 1. The number of fused-ring (bicyclic) bond motifs is 1. The largest absolute Gasteiger partial charge is 0.872 e. The fourth-order valence-corrected chi connectivity index (χ4v) is 5.36. The summed E-state index contributed by atoms with van der Waals surface area (Å²) in [5.74, 6) is -0.911. The molecule has 1 fully saturated rings. The van der Waals surface area contributed by atoms with Crippen molar-refractivity contribution in [3.63, 3.8) is 0 Å². The van der Waals surface area contributed by atoms with Gasteiger partial charge in [-0.15, -0.1) is 0 Å². The van der Waals surface area contributed by atoms with Crippen LogP contribution in [0.1, 0.15) is 49.9 Å². The standard InChI is InChI=1S/C27H31BrN2O4/c1-4-29(5-2)12-7-13-30-24(18-8-6-9-21(28)16-18)23(26(32)27(30)33)25(31)19-10-11-22-20(15-19)14-17(3)34-22/h6,8-11,15-17,24,31H,4-5,7,12-14H2,1-3H3. The monoisotopic (exact) mass is 526 g/mol. The van der Waals surface area contributed by atoms with Gasteiger partial charge in [0, 0.05) is 29.4 Å². The van der Waals surface area contributed by atoms with Gasteiger partial charge in [-0.25, -0.2) is 0 Å². The molecule has 2 aliphatic heterocycles. The van der Waals surface area contributed by atoms with Crippen molar-refractivity contribution in [3.05, 3.63) is 69.2 Å². The molecule has 0 spiro atoms. The number of carbonyl (C=O) groups is 2. The number of ether oxygens (including phenoxy) is 1. The molecular weight excluding hydrogens is 496 g/mol. The molecule has 2 atom stereocenters. The van der Waals surface area contributed by atoms with Gasteiger partial charge in [-0.1, -0.05) is 39.9 Å². The average Bonchev–Trinajstić information content (AvgIpc) is 3.32. The van der Waals surface area contributed by atoms with Crippen LogP contribution in [0, 0.1) is 0 Å². The highest BCUT2D eigenvalue weighted by atomic mass is 79.9. The van der Waals surface area contributed by atoms with Crippen LogP contribution in [-0.2, 0) is 16.0 Å². The first kappa shape index (κ1) is 24.5. The van der Waals surface area contributed by atoms with Crippen molar-refractivity contribution in [2.45, 2.75) is 45.8 Å². The van der Waals surface area contributed by atoms with Crippen LogP contribution < -0.4 is 14.7 Å². The Hall–Kier alpha value is -2.64. The summed E-state index contributed by atoms with van der Waals surface area (Å²) in [5.41, 5.74) is 2.16. The Balaban J connectivity index is 1.73. The number of ketones is 1. The number of Topliss-reactive ketones (excluding diaryl/α,β-unsaturated/α-hetero) is 1. The van der Waals surface area contributed by atoms with Crippen molar-refractivity contribution in [3.8, 4) is 5.75 Å². The van der Waals surface area contributed by atoms with E-state index in [0.29, 0.717) is 18.5 Å². The number of likely N-dealkylation sites (tertiary alicyclic amines) is 1. The van der Waals surface area contributed by atoms with E-state index in [-0.39, 0.29) is 17.4 Å². The first-order valence-corrected chi connectivity index (χ1v) is 12.8. The van der Waals surface area contributed by atoms with Crippen molar-refractivity contribution in [2.75, 3.05) is 26.2 Å². The van der Waals surface area contributed by atoms with Crippen LogP contribution in [0.2, 0.25) is 0 Å². The van der Waals surface area contributed by atoms with Gasteiger partial charge in [0.1, 0.15) is 11.9 Å². The summed E-state index contributed by atoms with van der Waals surface area (Å²) < 4.78 is 6.59.